The summed E-state index contributed by atoms with van der Waals surface area (Å²) >= 11 is 0. The average molecular weight is 736 g/mol. The van der Waals surface area contributed by atoms with Crippen LogP contribution in [-0.4, -0.2) is 89.4 Å². The van der Waals surface area contributed by atoms with Crippen molar-refractivity contribution in [3.05, 3.63) is 66.2 Å². The second-order valence-corrected chi connectivity index (χ2v) is 10.9. The molecule has 28 heteroatoms. The Kier molecular flexibility index (Phi) is 22.6. The molecule has 0 aliphatic carbocycles. The second-order valence-electron chi connectivity index (χ2n) is 8.61. The fourth-order valence-electron chi connectivity index (χ4n) is 3.78. The van der Waals surface area contributed by atoms with E-state index >= 15 is 0 Å². The Labute approximate surface area is 345 Å². The molecule has 2 aromatic rings. The summed E-state index contributed by atoms with van der Waals surface area (Å²) in [7, 11) is -10.5. The van der Waals surface area contributed by atoms with Crippen molar-refractivity contribution in [2.24, 2.45) is 0 Å². The first-order valence-corrected chi connectivity index (χ1v) is 14.3. The molecule has 0 saturated carbocycles. The van der Waals surface area contributed by atoms with Gasteiger partial charge >= 0.3 is 130 Å². The van der Waals surface area contributed by atoms with Crippen molar-refractivity contribution in [2.45, 2.75) is 49.1 Å². The number of phosphoric acid groups is 2. The van der Waals surface area contributed by atoms with Crippen LogP contribution in [0.15, 0.2) is 43.7 Å². The number of aromatic nitrogens is 4. The van der Waals surface area contributed by atoms with Gasteiger partial charge in [-0.05, 0) is 0 Å². The largest absolute Gasteiger partial charge is 1.00 e. The third-order valence-electron chi connectivity index (χ3n) is 5.72. The summed E-state index contributed by atoms with van der Waals surface area (Å²) in [4.78, 5) is 90.4. The van der Waals surface area contributed by atoms with Crippen molar-refractivity contribution >= 4 is 15.6 Å². The van der Waals surface area contributed by atoms with Gasteiger partial charge in [0, 0.05) is 24.5 Å². The molecular weight excluding hydrogens is 714 g/mol. The van der Waals surface area contributed by atoms with Gasteiger partial charge in [-0.2, -0.15) is 0 Å². The Morgan fingerprint density at radius 1 is 0.652 bits per heavy atom. The van der Waals surface area contributed by atoms with Gasteiger partial charge in [0.15, 0.2) is 12.5 Å². The molecule has 2 saturated heterocycles. The van der Waals surface area contributed by atoms with Gasteiger partial charge in [-0.15, -0.1) is 0 Å². The molecule has 0 aromatic carbocycles. The number of rotatable bonds is 8. The van der Waals surface area contributed by atoms with Crippen LogP contribution in [0.4, 0.5) is 0 Å². The molecular formula is C18H22N4Na4O18P2. The topological polar surface area (TPSA) is 354 Å². The normalized spacial score (nSPS) is 27.1. The number of ether oxygens (including phenoxy) is 2. The average Bonchev–Trinajstić information content (AvgIpc) is 3.31. The van der Waals surface area contributed by atoms with Crippen molar-refractivity contribution in [3.63, 3.8) is 0 Å². The van der Waals surface area contributed by atoms with Crippen molar-refractivity contribution in [1.82, 2.24) is 19.1 Å². The SMILES string of the molecule is O=c1ccn([C@@H]2O[C@H](COP(=O)([O-])[O-])[C@@H](O)[C@H]2O)c(=O)[nH]1.O=c1ccn([C@@H]2O[C@H](COP(=O)([O-])[O-])[C@@H](O)[C@H]2O)c(=O)[nH]1.[Na+].[Na+].[Na+].[Na+]. The van der Waals surface area contributed by atoms with E-state index in [1.165, 1.54) is 0 Å². The number of nitrogens with zero attached hydrogens (tertiary/aromatic N) is 2. The molecule has 2 aliphatic rings. The van der Waals surface area contributed by atoms with Crippen LogP contribution in [0.1, 0.15) is 12.5 Å². The van der Waals surface area contributed by atoms with Gasteiger partial charge in [0.25, 0.3) is 11.1 Å². The molecule has 46 heavy (non-hydrogen) atoms. The molecule has 0 bridgehead atoms. The van der Waals surface area contributed by atoms with Crippen molar-refractivity contribution in [1.29, 1.82) is 0 Å². The van der Waals surface area contributed by atoms with Gasteiger partial charge in [-0.3, -0.25) is 28.7 Å². The zero-order valence-corrected chi connectivity index (χ0v) is 34.4. The van der Waals surface area contributed by atoms with E-state index < -0.39 is 100 Å². The van der Waals surface area contributed by atoms with Gasteiger partial charge in [-0.1, -0.05) is 0 Å². The minimum atomic E-state index is -5.26. The maximum Gasteiger partial charge on any atom is 1.00 e. The molecule has 236 valence electrons. The van der Waals surface area contributed by atoms with Gasteiger partial charge in [-0.25, -0.2) is 9.59 Å². The van der Waals surface area contributed by atoms with Crippen LogP contribution >= 0.6 is 15.6 Å². The summed E-state index contributed by atoms with van der Waals surface area (Å²) in [6.07, 6.45) is -9.65. The molecule has 0 unspecified atom stereocenters. The van der Waals surface area contributed by atoms with Crippen molar-refractivity contribution in [2.75, 3.05) is 13.2 Å². The summed E-state index contributed by atoms with van der Waals surface area (Å²) in [5.41, 5.74) is -3.11. The van der Waals surface area contributed by atoms with Gasteiger partial charge < -0.3 is 67.7 Å². The van der Waals surface area contributed by atoms with E-state index in [-0.39, 0.29) is 118 Å². The maximum atomic E-state index is 11.6. The molecule has 6 N–H and O–H groups in total. The van der Waals surface area contributed by atoms with Crippen molar-refractivity contribution in [3.8, 4) is 0 Å². The zero-order valence-electron chi connectivity index (χ0n) is 24.6. The Bertz CT molecular complexity index is 1460. The molecule has 8 atom stereocenters. The van der Waals surface area contributed by atoms with E-state index in [1.54, 1.807) is 0 Å². The smallest absolute Gasteiger partial charge is 0.790 e. The Morgan fingerprint density at radius 2 is 0.957 bits per heavy atom. The van der Waals surface area contributed by atoms with E-state index in [0.29, 0.717) is 0 Å². The molecule has 22 nitrogen and oxygen atoms in total. The first-order valence-electron chi connectivity index (χ1n) is 11.4. The van der Waals surface area contributed by atoms with Crippen LogP contribution in [0.2, 0.25) is 0 Å². The first kappa shape index (κ1) is 49.5. The quantitative estimate of drug-likeness (QED) is 0.108. The molecule has 2 aromatic heterocycles. The van der Waals surface area contributed by atoms with Crippen molar-refractivity contribution < 1.29 is 186 Å². The summed E-state index contributed by atoms with van der Waals surface area (Å²) in [6, 6.07) is 1.99. The predicted molar refractivity (Wildman–Crippen MR) is 122 cm³/mol. The zero-order chi connectivity index (χ0) is 31.6. The second kappa shape index (κ2) is 21.0. The molecule has 0 radical (unpaired) electrons. The maximum absolute atomic E-state index is 11.6. The fraction of sp³-hybridized carbons (Fsp3) is 0.556. The van der Waals surface area contributed by atoms with Crippen LogP contribution in [0.25, 0.3) is 0 Å². The number of hydrogen-bond acceptors (Lipinski definition) is 18. The molecule has 4 rings (SSSR count). The van der Waals surface area contributed by atoms with Crippen LogP contribution in [0.3, 0.4) is 0 Å². The van der Waals surface area contributed by atoms with E-state index in [1.807, 2.05) is 9.97 Å². The number of nitrogens with one attached hydrogen (secondary N) is 2. The minimum absolute atomic E-state index is 0. The number of aliphatic hydroxyl groups is 4. The number of H-pyrrole nitrogens is 2. The summed E-state index contributed by atoms with van der Waals surface area (Å²) < 4.78 is 40.5. The van der Waals surface area contributed by atoms with Crippen LogP contribution < -0.4 is 160 Å². The Morgan fingerprint density at radius 3 is 1.22 bits per heavy atom. The molecule has 0 amide bonds. The molecule has 2 aliphatic heterocycles. The number of aliphatic hydroxyl groups excluding tert-OH is 4. The molecule has 4 heterocycles. The summed E-state index contributed by atoms with van der Waals surface area (Å²) in [5.74, 6) is 0. The Hall–Kier alpha value is 1.34. The van der Waals surface area contributed by atoms with Crippen LogP contribution in [0.5, 0.6) is 0 Å². The third-order valence-corrected chi connectivity index (χ3v) is 6.65. The number of aromatic amines is 2. The predicted octanol–water partition coefficient (Wildman–Crippen LogP) is -20.0. The van der Waals surface area contributed by atoms with Gasteiger partial charge in [0.2, 0.25) is 0 Å². The minimum Gasteiger partial charge on any atom is -0.790 e. The van der Waals surface area contributed by atoms with E-state index in [0.717, 1.165) is 33.7 Å². The van der Waals surface area contributed by atoms with Gasteiger partial charge in [0.05, 0.1) is 28.9 Å². The van der Waals surface area contributed by atoms with E-state index in [9.17, 15) is 68.3 Å². The summed E-state index contributed by atoms with van der Waals surface area (Å²) in [5, 5.41) is 39.0. The van der Waals surface area contributed by atoms with E-state index in [4.69, 9.17) is 9.47 Å². The van der Waals surface area contributed by atoms with E-state index in [2.05, 4.69) is 9.05 Å². The molecule has 0 spiro atoms. The third kappa shape index (κ3) is 14.2. The monoisotopic (exact) mass is 736 g/mol. The van der Waals surface area contributed by atoms with Crippen LogP contribution in [-0.2, 0) is 27.7 Å². The Balaban J connectivity index is 0. The standard InChI is InChI=1S/2C9H13N2O9P.4Na/c2*12-5-1-2-11(9(15)10-5)8-7(14)6(13)4(20-8)3-19-21(16,17)18;;;;/h2*1-2,4,6-8,13-14H,3H2,(H,10,12,15)(H2,16,17,18);;;;/q;;4*+1/p-4/t2*4-,6-,7-,8-;;;;/m11..../s1. The van der Waals surface area contributed by atoms with Gasteiger partial charge in [0.1, 0.15) is 36.6 Å². The number of hydrogen-bond donors (Lipinski definition) is 6. The van der Waals surface area contributed by atoms with Crippen LogP contribution in [0, 0.1) is 0 Å². The first-order chi connectivity index (χ1) is 19.4. The molecule has 2 fully saturated rings. The number of phosphoric ester groups is 2. The fourth-order valence-corrected chi connectivity index (χ4v) is 4.44. The summed E-state index contributed by atoms with van der Waals surface area (Å²) in [6.45, 7) is -1.62.